The predicted octanol–water partition coefficient (Wildman–Crippen LogP) is -1.15. The molecule has 2 rings (SSSR count). The number of carbonyl (C=O) groups is 1. The molecule has 0 aliphatic carbocycles. The second-order valence-corrected chi connectivity index (χ2v) is 5.45. The number of likely N-dealkylation sites (tertiary alicyclic amines) is 1. The van der Waals surface area contributed by atoms with Crippen LogP contribution in [0.3, 0.4) is 0 Å². The summed E-state index contributed by atoms with van der Waals surface area (Å²) in [4.78, 5) is 18.0. The minimum Gasteiger partial charge on any atom is -0.426 e. The minimum absolute atomic E-state index is 0.121. The van der Waals surface area contributed by atoms with Gasteiger partial charge in [-0.05, 0) is 31.4 Å². The quantitative estimate of drug-likeness (QED) is 0.255. The zero-order valence-corrected chi connectivity index (χ0v) is 12.6. The molecule has 1 saturated heterocycles. The van der Waals surface area contributed by atoms with Crippen LogP contribution < -0.4 is 16.6 Å². The molecule has 0 radical (unpaired) electrons. The monoisotopic (exact) mass is 307 g/mol. The van der Waals surface area contributed by atoms with E-state index in [1.54, 1.807) is 24.1 Å². The van der Waals surface area contributed by atoms with Gasteiger partial charge in [0.05, 0.1) is 12.0 Å². The first-order valence-electron chi connectivity index (χ1n) is 7.34. The van der Waals surface area contributed by atoms with Gasteiger partial charge in [0.1, 0.15) is 5.82 Å². The number of nitrogens with one attached hydrogen (secondary N) is 2. The highest BCUT2D eigenvalue weighted by Gasteiger charge is 2.38. The van der Waals surface area contributed by atoms with Crippen molar-refractivity contribution in [2.45, 2.75) is 38.3 Å². The third-order valence-corrected chi connectivity index (χ3v) is 3.88. The Kier molecular flexibility index (Phi) is 5.73. The van der Waals surface area contributed by atoms with Gasteiger partial charge >= 0.3 is 7.12 Å². The number of carbonyl (C=O) groups excluding carboxylic acids is 1. The van der Waals surface area contributed by atoms with Gasteiger partial charge in [-0.3, -0.25) is 4.79 Å². The van der Waals surface area contributed by atoms with Gasteiger partial charge in [0.2, 0.25) is 5.91 Å². The molecule has 0 unspecified atom stereocenters. The Bertz CT molecular complexity index is 499. The number of nitrogen functional groups attached to an aromatic ring is 1. The van der Waals surface area contributed by atoms with Gasteiger partial charge in [0.15, 0.2) is 0 Å². The van der Waals surface area contributed by atoms with Crippen LogP contribution in [0, 0.1) is 0 Å². The number of anilines is 1. The van der Waals surface area contributed by atoms with Gasteiger partial charge in [-0.1, -0.05) is 6.07 Å². The third kappa shape index (κ3) is 3.95. The van der Waals surface area contributed by atoms with Gasteiger partial charge in [-0.15, -0.1) is 0 Å². The van der Waals surface area contributed by atoms with Crippen molar-refractivity contribution >= 4 is 18.8 Å². The molecule has 1 amide bonds. The fourth-order valence-corrected chi connectivity index (χ4v) is 2.60. The molecule has 1 aliphatic heterocycles. The van der Waals surface area contributed by atoms with Crippen LogP contribution in [0.5, 0.6) is 0 Å². The molecule has 0 saturated carbocycles. The van der Waals surface area contributed by atoms with E-state index in [-0.39, 0.29) is 5.91 Å². The third-order valence-electron chi connectivity index (χ3n) is 3.88. The van der Waals surface area contributed by atoms with Crippen molar-refractivity contribution in [3.8, 4) is 0 Å². The molecule has 22 heavy (non-hydrogen) atoms. The minimum atomic E-state index is -1.49. The predicted molar refractivity (Wildman–Crippen MR) is 83.3 cm³/mol. The van der Waals surface area contributed by atoms with E-state index in [1.165, 1.54) is 0 Å². The largest absolute Gasteiger partial charge is 0.475 e. The maximum Gasteiger partial charge on any atom is 0.475 e. The van der Waals surface area contributed by atoms with Crippen LogP contribution in [-0.2, 0) is 11.3 Å². The van der Waals surface area contributed by atoms with Crippen molar-refractivity contribution in [2.24, 2.45) is 5.84 Å². The molecular formula is C13H22BN5O3. The molecule has 2 atom stereocenters. The van der Waals surface area contributed by atoms with Crippen molar-refractivity contribution in [3.05, 3.63) is 23.9 Å². The molecule has 1 aromatic heterocycles. The number of nitrogens with two attached hydrogens (primary N) is 1. The van der Waals surface area contributed by atoms with Crippen molar-refractivity contribution in [1.29, 1.82) is 0 Å². The van der Waals surface area contributed by atoms with E-state index in [0.29, 0.717) is 25.3 Å². The highest BCUT2D eigenvalue weighted by molar-refractivity contribution is 6.43. The summed E-state index contributed by atoms with van der Waals surface area (Å²) in [5.41, 5.74) is 3.38. The van der Waals surface area contributed by atoms with E-state index < -0.39 is 19.1 Å². The molecule has 1 aromatic rings. The molecule has 0 bridgehead atoms. The summed E-state index contributed by atoms with van der Waals surface area (Å²) in [7, 11) is -1.49. The fraction of sp³-hybridized carbons (Fsp3) is 0.538. The van der Waals surface area contributed by atoms with Gasteiger partial charge in [0.25, 0.3) is 0 Å². The molecule has 0 spiro atoms. The zero-order chi connectivity index (χ0) is 16.1. The lowest BCUT2D eigenvalue weighted by atomic mass is 9.78. The average Bonchev–Trinajstić information content (AvgIpc) is 3.02. The Balaban J connectivity index is 1.88. The van der Waals surface area contributed by atoms with Crippen molar-refractivity contribution in [2.75, 3.05) is 12.0 Å². The summed E-state index contributed by atoms with van der Waals surface area (Å²) in [5.74, 6) is 5.20. The molecule has 1 aliphatic rings. The molecule has 0 aromatic carbocycles. The van der Waals surface area contributed by atoms with Gasteiger partial charge in [-0.25, -0.2) is 10.8 Å². The number of rotatable bonds is 6. The van der Waals surface area contributed by atoms with Crippen LogP contribution in [0.1, 0.15) is 25.3 Å². The van der Waals surface area contributed by atoms with E-state index in [4.69, 9.17) is 5.84 Å². The molecular weight excluding hydrogens is 285 g/mol. The number of hydrazine groups is 1. The lowest BCUT2D eigenvalue weighted by molar-refractivity contribution is -0.133. The summed E-state index contributed by atoms with van der Waals surface area (Å²) in [5, 5.41) is 21.8. The first kappa shape index (κ1) is 16.7. The van der Waals surface area contributed by atoms with Crippen LogP contribution in [0.25, 0.3) is 0 Å². The zero-order valence-electron chi connectivity index (χ0n) is 12.6. The molecule has 6 N–H and O–H groups in total. The van der Waals surface area contributed by atoms with Crippen molar-refractivity contribution in [3.63, 3.8) is 0 Å². The molecule has 2 heterocycles. The molecule has 120 valence electrons. The average molecular weight is 307 g/mol. The second kappa shape index (κ2) is 7.55. The summed E-state index contributed by atoms with van der Waals surface area (Å²) < 4.78 is 0. The summed E-state index contributed by atoms with van der Waals surface area (Å²) in [6, 6.07) is 3.21. The maximum atomic E-state index is 12.4. The van der Waals surface area contributed by atoms with Crippen LogP contribution in [-0.4, -0.2) is 51.5 Å². The normalized spacial score (nSPS) is 19.1. The smallest absolute Gasteiger partial charge is 0.426 e. The maximum absolute atomic E-state index is 12.4. The Morgan fingerprint density at radius 2 is 2.36 bits per heavy atom. The highest BCUT2D eigenvalue weighted by Crippen LogP contribution is 2.19. The summed E-state index contributed by atoms with van der Waals surface area (Å²) in [6.07, 6.45) is 3.08. The van der Waals surface area contributed by atoms with Gasteiger partial charge in [-0.2, -0.15) is 0 Å². The molecule has 8 nitrogen and oxygen atoms in total. The van der Waals surface area contributed by atoms with Crippen LogP contribution in [0.2, 0.25) is 0 Å². The van der Waals surface area contributed by atoms with E-state index in [9.17, 15) is 14.8 Å². The number of nitrogens with zero attached hydrogens (tertiary/aromatic N) is 2. The Labute approximate surface area is 129 Å². The first-order chi connectivity index (χ1) is 10.5. The molecule has 1 fully saturated rings. The highest BCUT2D eigenvalue weighted by atomic mass is 16.4. The second-order valence-electron chi connectivity index (χ2n) is 5.45. The Morgan fingerprint density at radius 1 is 1.59 bits per heavy atom. The fourth-order valence-electron chi connectivity index (χ4n) is 2.60. The lowest BCUT2D eigenvalue weighted by Gasteiger charge is -2.27. The Morgan fingerprint density at radius 3 is 2.95 bits per heavy atom. The van der Waals surface area contributed by atoms with Crippen LogP contribution >= 0.6 is 0 Å². The summed E-state index contributed by atoms with van der Waals surface area (Å²) in [6.45, 7) is 2.82. The van der Waals surface area contributed by atoms with Gasteiger partial charge in [0, 0.05) is 19.3 Å². The number of hydrogen-bond donors (Lipinski definition) is 5. The van der Waals surface area contributed by atoms with Crippen LogP contribution in [0.15, 0.2) is 18.3 Å². The van der Waals surface area contributed by atoms with E-state index in [2.05, 4.69) is 15.7 Å². The van der Waals surface area contributed by atoms with E-state index in [0.717, 1.165) is 12.0 Å². The van der Waals surface area contributed by atoms with E-state index >= 15 is 0 Å². The first-order valence-corrected chi connectivity index (χ1v) is 7.34. The van der Waals surface area contributed by atoms with Crippen molar-refractivity contribution in [1.82, 2.24) is 15.2 Å². The SMILES string of the molecule is C[C@@H](NCc1ccc(NN)nc1)C(=O)N1CCC[C@H]1B(O)O. The summed E-state index contributed by atoms with van der Waals surface area (Å²) >= 11 is 0. The van der Waals surface area contributed by atoms with Crippen LogP contribution in [0.4, 0.5) is 5.82 Å². The number of hydrogen-bond acceptors (Lipinski definition) is 7. The Hall–Kier alpha value is -1.68. The number of pyridine rings is 1. The van der Waals surface area contributed by atoms with Gasteiger partial charge < -0.3 is 25.7 Å². The number of aromatic nitrogens is 1. The lowest BCUT2D eigenvalue weighted by Crippen LogP contribution is -2.51. The van der Waals surface area contributed by atoms with Crippen molar-refractivity contribution < 1.29 is 14.8 Å². The topological polar surface area (TPSA) is 124 Å². The van der Waals surface area contributed by atoms with E-state index in [1.807, 2.05) is 6.07 Å². The standard InChI is InChI=1S/C13H22BN5O3/c1-9(13(20)19-6-2-3-11(19)14(21)22)16-7-10-4-5-12(18-15)17-8-10/h4-5,8-9,11,16,21-22H,2-3,6-7,15H2,1H3,(H,17,18)/t9-,11+/m1/s1. The molecule has 9 heteroatoms. The number of amides is 1.